The van der Waals surface area contributed by atoms with Crippen molar-refractivity contribution < 1.29 is 14.3 Å². The van der Waals surface area contributed by atoms with Crippen molar-refractivity contribution in [1.29, 1.82) is 0 Å². The van der Waals surface area contributed by atoms with Crippen molar-refractivity contribution in [3.8, 4) is 0 Å². The maximum Gasteiger partial charge on any atom is 0.339 e. The number of rotatable bonds is 5. The SMILES string of the molecule is CCC(C)(C)N(C)Cc1occc1C(=O)O. The molecule has 0 aliphatic rings. The van der Waals surface area contributed by atoms with Crippen molar-refractivity contribution >= 4 is 5.97 Å². The summed E-state index contributed by atoms with van der Waals surface area (Å²) in [4.78, 5) is 13.0. The zero-order valence-corrected chi connectivity index (χ0v) is 10.3. The quantitative estimate of drug-likeness (QED) is 0.836. The van der Waals surface area contributed by atoms with Gasteiger partial charge in [0.05, 0.1) is 12.8 Å². The summed E-state index contributed by atoms with van der Waals surface area (Å²) >= 11 is 0. The fourth-order valence-electron chi connectivity index (χ4n) is 1.35. The topological polar surface area (TPSA) is 53.7 Å². The predicted octanol–water partition coefficient (Wildman–Crippen LogP) is 2.60. The van der Waals surface area contributed by atoms with Gasteiger partial charge in [-0.3, -0.25) is 4.90 Å². The van der Waals surface area contributed by atoms with Crippen LogP contribution in [0.4, 0.5) is 0 Å². The fourth-order valence-corrected chi connectivity index (χ4v) is 1.35. The fraction of sp³-hybridized carbons (Fsp3) is 0.583. The monoisotopic (exact) mass is 225 g/mol. The first-order chi connectivity index (χ1) is 7.38. The number of carbonyl (C=O) groups is 1. The molecule has 0 atom stereocenters. The molecule has 1 aromatic heterocycles. The maximum absolute atomic E-state index is 10.9. The van der Waals surface area contributed by atoms with E-state index in [1.54, 1.807) is 0 Å². The molecule has 0 spiro atoms. The highest BCUT2D eigenvalue weighted by molar-refractivity contribution is 5.88. The summed E-state index contributed by atoms with van der Waals surface area (Å²) in [6.45, 7) is 6.86. The van der Waals surface area contributed by atoms with Crippen LogP contribution >= 0.6 is 0 Å². The number of carboxylic acids is 1. The van der Waals surface area contributed by atoms with Crippen molar-refractivity contribution in [2.45, 2.75) is 39.3 Å². The number of hydrogen-bond donors (Lipinski definition) is 1. The second-order valence-electron chi connectivity index (χ2n) is 4.58. The number of aromatic carboxylic acids is 1. The molecule has 0 fully saturated rings. The van der Waals surface area contributed by atoms with Gasteiger partial charge in [-0.1, -0.05) is 6.92 Å². The minimum absolute atomic E-state index is 0.0303. The van der Waals surface area contributed by atoms with Crippen molar-refractivity contribution in [1.82, 2.24) is 4.90 Å². The van der Waals surface area contributed by atoms with E-state index in [4.69, 9.17) is 9.52 Å². The van der Waals surface area contributed by atoms with Gasteiger partial charge in [-0.05, 0) is 33.4 Å². The lowest BCUT2D eigenvalue weighted by atomic mass is 10.00. The summed E-state index contributed by atoms with van der Waals surface area (Å²) in [7, 11) is 1.97. The van der Waals surface area contributed by atoms with Crippen molar-refractivity contribution in [2.75, 3.05) is 7.05 Å². The lowest BCUT2D eigenvalue weighted by molar-refractivity contribution is 0.0688. The summed E-state index contributed by atoms with van der Waals surface area (Å²) in [6, 6.07) is 1.49. The normalized spacial score (nSPS) is 12.1. The predicted molar refractivity (Wildman–Crippen MR) is 61.5 cm³/mol. The summed E-state index contributed by atoms with van der Waals surface area (Å²) in [6.07, 6.45) is 2.41. The summed E-state index contributed by atoms with van der Waals surface area (Å²) in [5, 5.41) is 8.95. The van der Waals surface area contributed by atoms with E-state index >= 15 is 0 Å². The molecule has 0 aromatic carbocycles. The third-order valence-electron chi connectivity index (χ3n) is 3.26. The molecule has 0 unspecified atom stereocenters. The van der Waals surface area contributed by atoms with Gasteiger partial charge >= 0.3 is 5.97 Å². The molecule has 0 aliphatic carbocycles. The molecular formula is C12H19NO3. The number of carboxylic acid groups (broad SMARTS) is 1. The Bertz CT molecular complexity index is 368. The highest BCUT2D eigenvalue weighted by Crippen LogP contribution is 2.21. The van der Waals surface area contributed by atoms with E-state index in [1.807, 2.05) is 7.05 Å². The van der Waals surface area contributed by atoms with Gasteiger partial charge in [-0.15, -0.1) is 0 Å². The third kappa shape index (κ3) is 2.64. The van der Waals surface area contributed by atoms with Crippen molar-refractivity contribution in [2.24, 2.45) is 0 Å². The Morgan fingerprint density at radius 2 is 2.19 bits per heavy atom. The molecule has 1 aromatic rings. The first-order valence-corrected chi connectivity index (χ1v) is 5.39. The standard InChI is InChI=1S/C12H19NO3/c1-5-12(2,3)13(4)8-10-9(11(14)15)6-7-16-10/h6-7H,5,8H2,1-4H3,(H,14,15). The summed E-state index contributed by atoms with van der Waals surface area (Å²) in [5.41, 5.74) is 0.279. The molecule has 90 valence electrons. The maximum atomic E-state index is 10.9. The van der Waals surface area contributed by atoms with Crippen LogP contribution in [0.1, 0.15) is 43.3 Å². The second-order valence-corrected chi connectivity index (χ2v) is 4.58. The van der Waals surface area contributed by atoms with Crippen LogP contribution in [0.25, 0.3) is 0 Å². The molecule has 1 N–H and O–H groups in total. The molecule has 0 aliphatic heterocycles. The Kier molecular flexibility index (Phi) is 3.75. The number of hydrogen-bond acceptors (Lipinski definition) is 3. The Balaban J connectivity index is 2.81. The Morgan fingerprint density at radius 3 is 2.69 bits per heavy atom. The van der Waals surface area contributed by atoms with Gasteiger partial charge in [0, 0.05) is 5.54 Å². The zero-order chi connectivity index (χ0) is 12.3. The lowest BCUT2D eigenvalue weighted by Crippen LogP contribution is -2.39. The van der Waals surface area contributed by atoms with Gasteiger partial charge in [0.25, 0.3) is 0 Å². The van der Waals surface area contributed by atoms with Crippen LogP contribution in [0.3, 0.4) is 0 Å². The van der Waals surface area contributed by atoms with Crippen LogP contribution in [0.15, 0.2) is 16.7 Å². The van der Waals surface area contributed by atoms with Gasteiger partial charge in [0.15, 0.2) is 0 Å². The third-order valence-corrected chi connectivity index (χ3v) is 3.26. The minimum Gasteiger partial charge on any atom is -0.478 e. The Morgan fingerprint density at radius 1 is 1.56 bits per heavy atom. The molecular weight excluding hydrogens is 206 g/mol. The smallest absolute Gasteiger partial charge is 0.339 e. The molecule has 4 heteroatoms. The summed E-state index contributed by atoms with van der Waals surface area (Å²) in [5.74, 6) is -0.428. The summed E-state index contributed by atoms with van der Waals surface area (Å²) < 4.78 is 5.21. The molecule has 0 saturated carbocycles. The average Bonchev–Trinajstić information content (AvgIpc) is 2.65. The van der Waals surface area contributed by atoms with Crippen LogP contribution in [-0.2, 0) is 6.54 Å². The second kappa shape index (κ2) is 4.70. The van der Waals surface area contributed by atoms with Crippen LogP contribution in [-0.4, -0.2) is 28.6 Å². The van der Waals surface area contributed by atoms with Crippen LogP contribution in [0.5, 0.6) is 0 Å². The van der Waals surface area contributed by atoms with Crippen LogP contribution < -0.4 is 0 Å². The van der Waals surface area contributed by atoms with E-state index in [9.17, 15) is 4.79 Å². The highest BCUT2D eigenvalue weighted by Gasteiger charge is 2.24. The Hall–Kier alpha value is -1.29. The van der Waals surface area contributed by atoms with E-state index in [0.29, 0.717) is 12.3 Å². The molecule has 16 heavy (non-hydrogen) atoms. The van der Waals surface area contributed by atoms with Gasteiger partial charge in [-0.2, -0.15) is 0 Å². The highest BCUT2D eigenvalue weighted by atomic mass is 16.4. The van der Waals surface area contributed by atoms with Crippen LogP contribution in [0.2, 0.25) is 0 Å². The Labute approximate surface area is 95.9 Å². The molecule has 4 nitrogen and oxygen atoms in total. The molecule has 1 rings (SSSR count). The van der Waals surface area contributed by atoms with Gasteiger partial charge < -0.3 is 9.52 Å². The molecule has 0 amide bonds. The molecule has 0 bridgehead atoms. The first kappa shape index (κ1) is 12.8. The number of nitrogens with zero attached hydrogens (tertiary/aromatic N) is 1. The van der Waals surface area contributed by atoms with Crippen molar-refractivity contribution in [3.63, 3.8) is 0 Å². The van der Waals surface area contributed by atoms with Crippen molar-refractivity contribution in [3.05, 3.63) is 23.7 Å². The average molecular weight is 225 g/mol. The van der Waals surface area contributed by atoms with E-state index in [0.717, 1.165) is 6.42 Å². The molecule has 0 saturated heterocycles. The largest absolute Gasteiger partial charge is 0.478 e. The molecule has 1 heterocycles. The molecule has 0 radical (unpaired) electrons. The van der Waals surface area contributed by atoms with E-state index < -0.39 is 5.97 Å². The number of furan rings is 1. The first-order valence-electron chi connectivity index (χ1n) is 5.39. The zero-order valence-electron chi connectivity index (χ0n) is 10.3. The lowest BCUT2D eigenvalue weighted by Gasteiger charge is -2.34. The minimum atomic E-state index is -0.938. The van der Waals surface area contributed by atoms with E-state index in [1.165, 1.54) is 12.3 Å². The van der Waals surface area contributed by atoms with Gasteiger partial charge in [0.1, 0.15) is 11.3 Å². The van der Waals surface area contributed by atoms with E-state index in [-0.39, 0.29) is 11.1 Å². The van der Waals surface area contributed by atoms with Gasteiger partial charge in [-0.25, -0.2) is 4.79 Å². The van der Waals surface area contributed by atoms with E-state index in [2.05, 4.69) is 25.7 Å². The van der Waals surface area contributed by atoms with Gasteiger partial charge in [0.2, 0.25) is 0 Å². The van der Waals surface area contributed by atoms with Crippen LogP contribution in [0, 0.1) is 0 Å².